The van der Waals surface area contributed by atoms with E-state index >= 15 is 0 Å². The monoisotopic (exact) mass is 294 g/mol. The molecule has 0 saturated carbocycles. The molecule has 1 aromatic heterocycles. The first-order valence-electron chi connectivity index (χ1n) is 8.02. The quantitative estimate of drug-likeness (QED) is 0.656. The number of para-hydroxylation sites is 1. The van der Waals surface area contributed by atoms with Crippen molar-refractivity contribution in [3.05, 3.63) is 58.9 Å². The van der Waals surface area contributed by atoms with Crippen LogP contribution in [0.5, 0.6) is 0 Å². The molecule has 0 saturated heterocycles. The summed E-state index contributed by atoms with van der Waals surface area (Å²) in [4.78, 5) is 9.55. The molecule has 2 aromatic rings. The fourth-order valence-corrected chi connectivity index (χ4v) is 2.61. The van der Waals surface area contributed by atoms with Gasteiger partial charge < -0.3 is 0 Å². The number of hydrogen-bond acceptors (Lipinski definition) is 2. The molecule has 2 nitrogen and oxygen atoms in total. The van der Waals surface area contributed by atoms with Crippen LogP contribution in [0, 0.1) is 6.92 Å². The molecule has 0 bridgehead atoms. The Labute approximate surface area is 134 Å². The Morgan fingerprint density at radius 1 is 0.909 bits per heavy atom. The van der Waals surface area contributed by atoms with Gasteiger partial charge in [0.15, 0.2) is 0 Å². The average Bonchev–Trinajstić information content (AvgIpc) is 2.46. The van der Waals surface area contributed by atoms with E-state index in [4.69, 9.17) is 4.99 Å². The molecule has 0 aliphatic carbocycles. The average molecular weight is 294 g/mol. The van der Waals surface area contributed by atoms with Gasteiger partial charge in [0.1, 0.15) is 0 Å². The minimum Gasteiger partial charge on any atom is -0.252 e. The molecule has 0 amide bonds. The maximum atomic E-state index is 4.97. The summed E-state index contributed by atoms with van der Waals surface area (Å²) in [6.07, 6.45) is 0. The highest BCUT2D eigenvalue weighted by atomic mass is 14.8. The standard InChI is InChI=1S/C20H26N2/c1-13(2)17-10-8-11-18(14(3)4)20(17)22-16(6)19-12-7-9-15(5)21-19/h7-14H,1-6H3. The third kappa shape index (κ3) is 3.62. The lowest BCUT2D eigenvalue weighted by molar-refractivity contribution is 0.834. The molecule has 1 heterocycles. The second kappa shape index (κ2) is 6.87. The lowest BCUT2D eigenvalue weighted by atomic mass is 9.93. The summed E-state index contributed by atoms with van der Waals surface area (Å²) in [5.41, 5.74) is 6.67. The molecule has 0 radical (unpaired) electrons. The molecular formula is C20H26N2. The van der Waals surface area contributed by atoms with Crippen molar-refractivity contribution >= 4 is 11.4 Å². The van der Waals surface area contributed by atoms with Gasteiger partial charge in [-0.05, 0) is 48.9 Å². The number of hydrogen-bond donors (Lipinski definition) is 0. The van der Waals surface area contributed by atoms with Gasteiger partial charge in [0.05, 0.1) is 17.1 Å². The molecule has 116 valence electrons. The van der Waals surface area contributed by atoms with Gasteiger partial charge in [-0.3, -0.25) is 9.98 Å². The van der Waals surface area contributed by atoms with Crippen LogP contribution >= 0.6 is 0 Å². The summed E-state index contributed by atoms with van der Waals surface area (Å²) in [5.74, 6) is 0.909. The third-order valence-corrected chi connectivity index (χ3v) is 3.88. The summed E-state index contributed by atoms with van der Waals surface area (Å²) < 4.78 is 0. The maximum Gasteiger partial charge on any atom is 0.0844 e. The van der Waals surface area contributed by atoms with Crippen molar-refractivity contribution in [2.45, 2.75) is 53.4 Å². The summed E-state index contributed by atoms with van der Waals surface area (Å²) in [5, 5.41) is 0. The normalized spacial score (nSPS) is 12.3. The van der Waals surface area contributed by atoms with Crippen molar-refractivity contribution in [2.24, 2.45) is 4.99 Å². The number of pyridine rings is 1. The molecule has 22 heavy (non-hydrogen) atoms. The number of rotatable bonds is 4. The predicted octanol–water partition coefficient (Wildman–Crippen LogP) is 5.78. The molecule has 0 fully saturated rings. The smallest absolute Gasteiger partial charge is 0.0844 e. The zero-order valence-electron chi connectivity index (χ0n) is 14.5. The van der Waals surface area contributed by atoms with E-state index in [0.29, 0.717) is 11.8 Å². The van der Waals surface area contributed by atoms with Gasteiger partial charge in [0.2, 0.25) is 0 Å². The minimum atomic E-state index is 0.454. The molecule has 0 aliphatic rings. The van der Waals surface area contributed by atoms with Crippen molar-refractivity contribution in [1.82, 2.24) is 4.98 Å². The van der Waals surface area contributed by atoms with Gasteiger partial charge in [0, 0.05) is 5.69 Å². The zero-order valence-corrected chi connectivity index (χ0v) is 14.5. The van der Waals surface area contributed by atoms with Crippen LogP contribution in [0.25, 0.3) is 0 Å². The lowest BCUT2D eigenvalue weighted by Gasteiger charge is -2.17. The molecule has 2 rings (SSSR count). The second-order valence-electron chi connectivity index (χ2n) is 6.46. The van der Waals surface area contributed by atoms with E-state index in [-0.39, 0.29) is 0 Å². The molecule has 0 atom stereocenters. The van der Waals surface area contributed by atoms with Crippen LogP contribution in [0.2, 0.25) is 0 Å². The van der Waals surface area contributed by atoms with Crippen LogP contribution in [0.3, 0.4) is 0 Å². The van der Waals surface area contributed by atoms with Crippen LogP contribution in [0.1, 0.15) is 69.0 Å². The van der Waals surface area contributed by atoms with E-state index in [1.807, 2.05) is 32.0 Å². The summed E-state index contributed by atoms with van der Waals surface area (Å²) in [6.45, 7) is 12.9. The van der Waals surface area contributed by atoms with Crippen LogP contribution < -0.4 is 0 Å². The fourth-order valence-electron chi connectivity index (χ4n) is 2.61. The number of aromatic nitrogens is 1. The first kappa shape index (κ1) is 16.4. The predicted molar refractivity (Wildman–Crippen MR) is 95.5 cm³/mol. The second-order valence-corrected chi connectivity index (χ2v) is 6.46. The van der Waals surface area contributed by atoms with Crippen LogP contribution in [-0.2, 0) is 0 Å². The highest BCUT2D eigenvalue weighted by Crippen LogP contribution is 2.35. The van der Waals surface area contributed by atoms with Gasteiger partial charge in [-0.1, -0.05) is 52.0 Å². The molecule has 0 aliphatic heterocycles. The van der Waals surface area contributed by atoms with Crippen molar-refractivity contribution < 1.29 is 0 Å². The molecule has 2 heteroatoms. The van der Waals surface area contributed by atoms with E-state index in [2.05, 4.69) is 50.9 Å². The lowest BCUT2D eigenvalue weighted by Crippen LogP contribution is -2.02. The highest BCUT2D eigenvalue weighted by molar-refractivity contribution is 5.99. The third-order valence-electron chi connectivity index (χ3n) is 3.88. The Morgan fingerprint density at radius 3 is 1.95 bits per heavy atom. The SMILES string of the molecule is CC(=Nc1c(C(C)C)cccc1C(C)C)c1cccc(C)n1. The first-order chi connectivity index (χ1) is 10.4. The van der Waals surface area contributed by atoms with E-state index in [0.717, 1.165) is 22.8 Å². The molecule has 0 spiro atoms. The zero-order chi connectivity index (χ0) is 16.3. The summed E-state index contributed by atoms with van der Waals surface area (Å²) in [7, 11) is 0. The van der Waals surface area contributed by atoms with Crippen LogP contribution in [-0.4, -0.2) is 10.7 Å². The van der Waals surface area contributed by atoms with Crippen molar-refractivity contribution in [1.29, 1.82) is 0 Å². The van der Waals surface area contributed by atoms with Gasteiger partial charge >= 0.3 is 0 Å². The number of aryl methyl sites for hydroxylation is 1. The number of benzene rings is 1. The highest BCUT2D eigenvalue weighted by Gasteiger charge is 2.13. The van der Waals surface area contributed by atoms with E-state index in [1.165, 1.54) is 11.1 Å². The van der Waals surface area contributed by atoms with E-state index in [1.54, 1.807) is 0 Å². The van der Waals surface area contributed by atoms with E-state index in [9.17, 15) is 0 Å². The van der Waals surface area contributed by atoms with Crippen molar-refractivity contribution in [2.75, 3.05) is 0 Å². The molecule has 0 unspecified atom stereocenters. The Kier molecular flexibility index (Phi) is 5.12. The van der Waals surface area contributed by atoms with Crippen LogP contribution in [0.15, 0.2) is 41.4 Å². The minimum absolute atomic E-state index is 0.454. The van der Waals surface area contributed by atoms with Gasteiger partial charge in [-0.2, -0.15) is 0 Å². The summed E-state index contributed by atoms with van der Waals surface area (Å²) >= 11 is 0. The van der Waals surface area contributed by atoms with Crippen molar-refractivity contribution in [3.63, 3.8) is 0 Å². The van der Waals surface area contributed by atoms with Gasteiger partial charge in [0.25, 0.3) is 0 Å². The van der Waals surface area contributed by atoms with Crippen LogP contribution in [0.4, 0.5) is 5.69 Å². The van der Waals surface area contributed by atoms with Gasteiger partial charge in [-0.25, -0.2) is 0 Å². The summed E-state index contributed by atoms with van der Waals surface area (Å²) in [6, 6.07) is 12.6. The van der Waals surface area contributed by atoms with Gasteiger partial charge in [-0.15, -0.1) is 0 Å². The van der Waals surface area contributed by atoms with Crippen molar-refractivity contribution in [3.8, 4) is 0 Å². The molecule has 1 aromatic carbocycles. The number of aliphatic imine (C=N–C) groups is 1. The fraction of sp³-hybridized carbons (Fsp3) is 0.400. The Morgan fingerprint density at radius 2 is 1.45 bits per heavy atom. The first-order valence-corrected chi connectivity index (χ1v) is 8.02. The Bertz CT molecular complexity index is 656. The molecular weight excluding hydrogens is 268 g/mol. The van der Waals surface area contributed by atoms with E-state index < -0.39 is 0 Å². The molecule has 0 N–H and O–H groups in total. The maximum absolute atomic E-state index is 4.97. The Hall–Kier alpha value is -1.96. The largest absolute Gasteiger partial charge is 0.252 e. The Balaban J connectivity index is 2.58. The number of nitrogens with zero attached hydrogens (tertiary/aromatic N) is 2. The topological polar surface area (TPSA) is 25.2 Å².